The van der Waals surface area contributed by atoms with Gasteiger partial charge in [0, 0.05) is 28.2 Å². The van der Waals surface area contributed by atoms with Crippen molar-refractivity contribution >= 4 is 22.9 Å². The van der Waals surface area contributed by atoms with Crippen molar-refractivity contribution in [1.29, 1.82) is 0 Å². The Labute approximate surface area is 144 Å². The average molecular weight is 335 g/mol. The van der Waals surface area contributed by atoms with Crippen molar-refractivity contribution in [3.63, 3.8) is 0 Å². The van der Waals surface area contributed by atoms with Gasteiger partial charge in [0.05, 0.1) is 12.8 Å². The van der Waals surface area contributed by atoms with Crippen LogP contribution in [0.2, 0.25) is 0 Å². The zero-order valence-electron chi connectivity index (χ0n) is 13.3. The molecule has 1 N–H and O–H groups in total. The molecule has 3 aromatic rings. The summed E-state index contributed by atoms with van der Waals surface area (Å²) in [7, 11) is 1.66. The number of nitrogens with one attached hydrogen (secondary N) is 1. The molecular formula is C20H17NO2S. The van der Waals surface area contributed by atoms with Crippen LogP contribution >= 0.6 is 11.3 Å². The molecule has 0 spiro atoms. The molecule has 0 fully saturated rings. The molecule has 0 bridgehead atoms. The fraction of sp³-hybridized carbons (Fsp3) is 0.150. The van der Waals surface area contributed by atoms with Gasteiger partial charge in [-0.05, 0) is 23.3 Å². The fourth-order valence-corrected chi connectivity index (χ4v) is 4.32. The van der Waals surface area contributed by atoms with Gasteiger partial charge < -0.3 is 10.1 Å². The largest absolute Gasteiger partial charge is 0.497 e. The third-order valence-corrected chi connectivity index (χ3v) is 5.49. The monoisotopic (exact) mass is 335 g/mol. The van der Waals surface area contributed by atoms with Crippen molar-refractivity contribution in [2.75, 3.05) is 12.4 Å². The summed E-state index contributed by atoms with van der Waals surface area (Å²) in [5.74, 6) is 0.997. The highest BCUT2D eigenvalue weighted by molar-refractivity contribution is 7.11. The maximum atomic E-state index is 12.3. The van der Waals surface area contributed by atoms with Crippen LogP contribution in [0.5, 0.6) is 5.75 Å². The Balaban J connectivity index is 1.78. The predicted octanol–water partition coefficient (Wildman–Crippen LogP) is 4.90. The maximum Gasteiger partial charge on any atom is 0.225 e. The number of hydrogen-bond acceptors (Lipinski definition) is 3. The molecule has 0 saturated carbocycles. The van der Waals surface area contributed by atoms with Crippen LogP contribution in [0.25, 0.3) is 11.1 Å². The van der Waals surface area contributed by atoms with Crippen molar-refractivity contribution in [1.82, 2.24) is 0 Å². The second-order valence-corrected chi connectivity index (χ2v) is 6.74. The molecule has 0 radical (unpaired) electrons. The van der Waals surface area contributed by atoms with E-state index in [4.69, 9.17) is 4.74 Å². The summed E-state index contributed by atoms with van der Waals surface area (Å²) in [5.41, 5.74) is 4.34. The van der Waals surface area contributed by atoms with Gasteiger partial charge in [-0.15, -0.1) is 11.3 Å². The Hall–Kier alpha value is -2.59. The smallest absolute Gasteiger partial charge is 0.225 e. The summed E-state index contributed by atoms with van der Waals surface area (Å²) in [4.78, 5) is 13.5. The molecule has 1 amide bonds. The van der Waals surface area contributed by atoms with Crippen LogP contribution in [0, 0.1) is 0 Å². The van der Waals surface area contributed by atoms with Gasteiger partial charge in [0.2, 0.25) is 5.91 Å². The molecule has 4 rings (SSSR count). The number of thiophene rings is 1. The number of ether oxygens (including phenoxy) is 1. The lowest BCUT2D eigenvalue weighted by Crippen LogP contribution is -2.22. The van der Waals surface area contributed by atoms with Crippen molar-refractivity contribution in [3.8, 4) is 16.9 Å². The molecule has 0 unspecified atom stereocenters. The molecule has 3 nitrogen and oxygen atoms in total. The Bertz CT molecular complexity index is 868. The Morgan fingerprint density at radius 3 is 2.54 bits per heavy atom. The number of carbonyl (C=O) groups excluding carboxylic acids is 1. The molecule has 120 valence electrons. The molecular weight excluding hydrogens is 318 g/mol. The number of methoxy groups -OCH3 is 1. The van der Waals surface area contributed by atoms with Crippen LogP contribution in [0.4, 0.5) is 5.69 Å². The van der Waals surface area contributed by atoms with Gasteiger partial charge in [0.1, 0.15) is 5.75 Å². The number of amides is 1. The van der Waals surface area contributed by atoms with Gasteiger partial charge in [-0.25, -0.2) is 0 Å². The highest BCUT2D eigenvalue weighted by Crippen LogP contribution is 2.46. The summed E-state index contributed by atoms with van der Waals surface area (Å²) in [6.45, 7) is 0. The lowest BCUT2D eigenvalue weighted by Gasteiger charge is -2.24. The predicted molar refractivity (Wildman–Crippen MR) is 97.8 cm³/mol. The van der Waals surface area contributed by atoms with Crippen LogP contribution in [0.15, 0.2) is 60.0 Å². The molecule has 2 aromatic carbocycles. The van der Waals surface area contributed by atoms with E-state index in [1.165, 1.54) is 4.88 Å². The number of fused-ring (bicyclic) bond motifs is 1. The molecule has 1 aromatic heterocycles. The van der Waals surface area contributed by atoms with Crippen LogP contribution in [0.3, 0.4) is 0 Å². The number of benzene rings is 2. The zero-order chi connectivity index (χ0) is 16.5. The Morgan fingerprint density at radius 2 is 1.83 bits per heavy atom. The number of hydrogen-bond donors (Lipinski definition) is 1. The second-order valence-electron chi connectivity index (χ2n) is 5.83. The summed E-state index contributed by atoms with van der Waals surface area (Å²) in [6, 6.07) is 18.2. The molecule has 24 heavy (non-hydrogen) atoms. The minimum Gasteiger partial charge on any atom is -0.497 e. The van der Waals surface area contributed by atoms with E-state index in [1.54, 1.807) is 18.4 Å². The first-order chi connectivity index (χ1) is 11.8. The van der Waals surface area contributed by atoms with E-state index < -0.39 is 0 Å². The highest BCUT2D eigenvalue weighted by Gasteiger charge is 2.30. The lowest BCUT2D eigenvalue weighted by atomic mass is 9.89. The van der Waals surface area contributed by atoms with Gasteiger partial charge in [-0.2, -0.15) is 0 Å². The van der Waals surface area contributed by atoms with Crippen molar-refractivity contribution < 1.29 is 9.53 Å². The summed E-state index contributed by atoms with van der Waals surface area (Å²) >= 11 is 1.72. The van der Waals surface area contributed by atoms with Gasteiger partial charge >= 0.3 is 0 Å². The first kappa shape index (κ1) is 15.0. The summed E-state index contributed by atoms with van der Waals surface area (Å²) < 4.78 is 5.23. The van der Waals surface area contributed by atoms with Crippen LogP contribution in [-0.2, 0) is 4.79 Å². The van der Waals surface area contributed by atoms with E-state index in [0.29, 0.717) is 6.42 Å². The quantitative estimate of drug-likeness (QED) is 0.739. The maximum absolute atomic E-state index is 12.3. The van der Waals surface area contributed by atoms with E-state index in [9.17, 15) is 4.79 Å². The molecule has 4 heteroatoms. The molecule has 1 aliphatic rings. The first-order valence-electron chi connectivity index (χ1n) is 7.87. The fourth-order valence-electron chi connectivity index (χ4n) is 3.16. The van der Waals surface area contributed by atoms with E-state index in [1.807, 2.05) is 42.5 Å². The van der Waals surface area contributed by atoms with Gasteiger partial charge in [0.25, 0.3) is 0 Å². The number of anilines is 1. The van der Waals surface area contributed by atoms with Crippen molar-refractivity contribution in [2.24, 2.45) is 0 Å². The third-order valence-electron chi connectivity index (χ3n) is 4.39. The topological polar surface area (TPSA) is 38.3 Å². The van der Waals surface area contributed by atoms with Gasteiger partial charge in [-0.3, -0.25) is 4.79 Å². The van der Waals surface area contributed by atoms with Crippen molar-refractivity contribution in [2.45, 2.75) is 12.3 Å². The Kier molecular flexibility index (Phi) is 3.82. The lowest BCUT2D eigenvalue weighted by molar-refractivity contribution is -0.116. The van der Waals surface area contributed by atoms with Crippen molar-refractivity contribution in [3.05, 3.63) is 70.4 Å². The summed E-state index contributed by atoms with van der Waals surface area (Å²) in [6.07, 6.45) is 0.480. The minimum atomic E-state index is 0.0684. The molecule has 2 heterocycles. The molecule has 0 saturated heterocycles. The van der Waals surface area contributed by atoms with Gasteiger partial charge in [-0.1, -0.05) is 42.5 Å². The summed E-state index contributed by atoms with van der Waals surface area (Å²) in [5, 5.41) is 5.22. The SMILES string of the molecule is COc1ccc([C@@H]2CC(=O)Nc3c(-c4ccccc4)csc32)cc1. The average Bonchev–Trinajstić information content (AvgIpc) is 3.05. The molecule has 0 aliphatic carbocycles. The van der Waals surface area contributed by atoms with E-state index in [-0.39, 0.29) is 11.8 Å². The van der Waals surface area contributed by atoms with E-state index in [0.717, 1.165) is 28.1 Å². The van der Waals surface area contributed by atoms with Gasteiger partial charge in [0.15, 0.2) is 0 Å². The van der Waals surface area contributed by atoms with Crippen LogP contribution in [0.1, 0.15) is 22.8 Å². The molecule has 1 atom stereocenters. The number of rotatable bonds is 3. The van der Waals surface area contributed by atoms with E-state index >= 15 is 0 Å². The standard InChI is InChI=1S/C20H17NO2S/c1-23-15-9-7-14(8-10-15)16-11-18(22)21-19-17(12-24-20(16)19)13-5-3-2-4-6-13/h2-10,12,16H,11H2,1H3,(H,21,22)/t16-/m0/s1. The van der Waals surface area contributed by atoms with Crippen LogP contribution in [-0.4, -0.2) is 13.0 Å². The zero-order valence-corrected chi connectivity index (χ0v) is 14.1. The molecule has 1 aliphatic heterocycles. The highest BCUT2D eigenvalue weighted by atomic mass is 32.1. The second kappa shape index (κ2) is 6.13. The first-order valence-corrected chi connectivity index (χ1v) is 8.75. The van der Waals surface area contributed by atoms with Crippen LogP contribution < -0.4 is 10.1 Å². The Morgan fingerprint density at radius 1 is 1.08 bits per heavy atom. The minimum absolute atomic E-state index is 0.0684. The van der Waals surface area contributed by atoms with E-state index in [2.05, 4.69) is 22.8 Å². The number of carbonyl (C=O) groups is 1. The third kappa shape index (κ3) is 2.59. The normalized spacial score (nSPS) is 16.4.